The Kier molecular flexibility index (Phi) is 4.32. The number of halogens is 1. The zero-order valence-electron chi connectivity index (χ0n) is 15.7. The molecule has 1 aliphatic carbocycles. The molecule has 29 heavy (non-hydrogen) atoms. The van der Waals surface area contributed by atoms with Gasteiger partial charge in [-0.2, -0.15) is 0 Å². The smallest absolute Gasteiger partial charge is 0.150 e. The molecule has 3 aromatic carbocycles. The van der Waals surface area contributed by atoms with Crippen molar-refractivity contribution >= 4 is 23.0 Å². The summed E-state index contributed by atoms with van der Waals surface area (Å²) < 4.78 is 13.3. The summed E-state index contributed by atoms with van der Waals surface area (Å²) in [7, 11) is 0. The van der Waals surface area contributed by atoms with E-state index < -0.39 is 0 Å². The SMILES string of the molecule is O=Cc1cc(-c2ccc(F)cc2)cc2nc(N[C@@H]3CCc4ccccc43)ccc12. The molecule has 0 aliphatic heterocycles. The number of aryl methyl sites for hydroxylation is 1. The lowest BCUT2D eigenvalue weighted by Crippen LogP contribution is -2.08. The second-order valence-corrected chi connectivity index (χ2v) is 7.39. The fourth-order valence-electron chi connectivity index (χ4n) is 4.14. The lowest BCUT2D eigenvalue weighted by atomic mass is 9.99. The summed E-state index contributed by atoms with van der Waals surface area (Å²) in [5.74, 6) is 0.499. The maximum Gasteiger partial charge on any atom is 0.150 e. The maximum atomic E-state index is 13.3. The van der Waals surface area contributed by atoms with E-state index in [0.717, 1.165) is 47.0 Å². The highest BCUT2D eigenvalue weighted by atomic mass is 19.1. The number of nitrogens with zero attached hydrogens (tertiary/aromatic N) is 1. The van der Waals surface area contributed by atoms with Gasteiger partial charge in [0.25, 0.3) is 0 Å². The molecule has 4 heteroatoms. The molecule has 0 amide bonds. The summed E-state index contributed by atoms with van der Waals surface area (Å²) in [4.78, 5) is 16.4. The Morgan fingerprint density at radius 2 is 1.79 bits per heavy atom. The number of hydrogen-bond donors (Lipinski definition) is 1. The van der Waals surface area contributed by atoms with Gasteiger partial charge in [-0.25, -0.2) is 9.37 Å². The highest BCUT2D eigenvalue weighted by Crippen LogP contribution is 2.34. The van der Waals surface area contributed by atoms with E-state index in [1.165, 1.54) is 23.3 Å². The van der Waals surface area contributed by atoms with Crippen LogP contribution in [0.4, 0.5) is 10.2 Å². The van der Waals surface area contributed by atoms with Crippen LogP contribution in [0.25, 0.3) is 22.0 Å². The van der Waals surface area contributed by atoms with Crippen LogP contribution in [0.2, 0.25) is 0 Å². The Labute approximate surface area is 168 Å². The number of aldehydes is 1. The quantitative estimate of drug-likeness (QED) is 0.443. The standard InChI is InChI=1S/C25H19FN2O/c26-20-8-5-16(6-9-20)18-13-19(15-29)22-10-12-25(28-24(22)14-18)27-23-11-7-17-3-1-2-4-21(17)23/h1-6,8-10,12-15,23H,7,11H2,(H,27,28)/t23-/m1/s1. The maximum absolute atomic E-state index is 13.3. The van der Waals surface area contributed by atoms with Crippen molar-refractivity contribution in [1.29, 1.82) is 0 Å². The van der Waals surface area contributed by atoms with Gasteiger partial charge in [-0.3, -0.25) is 4.79 Å². The van der Waals surface area contributed by atoms with Crippen LogP contribution in [0, 0.1) is 5.82 Å². The fourth-order valence-corrected chi connectivity index (χ4v) is 4.14. The Hall–Kier alpha value is -3.53. The number of carbonyl (C=O) groups excluding carboxylic acids is 1. The minimum atomic E-state index is -0.286. The second-order valence-electron chi connectivity index (χ2n) is 7.39. The normalized spacial score (nSPS) is 15.3. The summed E-state index contributed by atoms with van der Waals surface area (Å²) in [5, 5.41) is 4.35. The number of fused-ring (bicyclic) bond motifs is 2. The van der Waals surface area contributed by atoms with Gasteiger partial charge >= 0.3 is 0 Å². The number of anilines is 1. The number of benzene rings is 3. The summed E-state index contributed by atoms with van der Waals surface area (Å²) in [6.07, 6.45) is 2.94. The third kappa shape index (κ3) is 3.27. The third-order valence-electron chi connectivity index (χ3n) is 5.60. The Bertz CT molecular complexity index is 1220. The second kappa shape index (κ2) is 7.13. The van der Waals surface area contributed by atoms with Crippen LogP contribution >= 0.6 is 0 Å². The van der Waals surface area contributed by atoms with Crippen LogP contribution in [-0.4, -0.2) is 11.3 Å². The van der Waals surface area contributed by atoms with E-state index in [2.05, 4.69) is 29.6 Å². The Morgan fingerprint density at radius 3 is 2.62 bits per heavy atom. The van der Waals surface area contributed by atoms with E-state index in [4.69, 9.17) is 4.98 Å². The van der Waals surface area contributed by atoms with Gasteiger partial charge in [-0.15, -0.1) is 0 Å². The third-order valence-corrected chi connectivity index (χ3v) is 5.60. The molecule has 0 spiro atoms. The predicted molar refractivity (Wildman–Crippen MR) is 114 cm³/mol. The van der Waals surface area contributed by atoms with Crippen LogP contribution in [-0.2, 0) is 6.42 Å². The van der Waals surface area contributed by atoms with Crippen molar-refractivity contribution in [3.63, 3.8) is 0 Å². The molecule has 1 heterocycles. The highest BCUT2D eigenvalue weighted by Gasteiger charge is 2.22. The van der Waals surface area contributed by atoms with Gasteiger partial charge in [-0.1, -0.05) is 36.4 Å². The first-order valence-corrected chi connectivity index (χ1v) is 9.71. The number of rotatable bonds is 4. The minimum absolute atomic E-state index is 0.238. The number of nitrogens with one attached hydrogen (secondary N) is 1. The zero-order valence-corrected chi connectivity index (χ0v) is 15.7. The molecule has 0 fully saturated rings. The van der Waals surface area contributed by atoms with Crippen LogP contribution in [0.15, 0.2) is 72.8 Å². The average Bonchev–Trinajstić information content (AvgIpc) is 3.16. The van der Waals surface area contributed by atoms with Crippen LogP contribution in [0.5, 0.6) is 0 Å². The lowest BCUT2D eigenvalue weighted by Gasteiger charge is -2.16. The van der Waals surface area contributed by atoms with E-state index >= 15 is 0 Å². The van der Waals surface area contributed by atoms with E-state index in [1.54, 1.807) is 12.1 Å². The van der Waals surface area contributed by atoms with E-state index in [-0.39, 0.29) is 11.9 Å². The molecule has 1 N–H and O–H groups in total. The molecule has 1 aliphatic rings. The first-order chi connectivity index (χ1) is 14.2. The molecule has 0 saturated carbocycles. The first-order valence-electron chi connectivity index (χ1n) is 9.71. The molecular weight excluding hydrogens is 363 g/mol. The van der Waals surface area contributed by atoms with Crippen molar-refractivity contribution in [1.82, 2.24) is 4.98 Å². The van der Waals surface area contributed by atoms with Gasteiger partial charge in [-0.05, 0) is 71.5 Å². The molecule has 3 nitrogen and oxygen atoms in total. The van der Waals surface area contributed by atoms with Crippen molar-refractivity contribution in [2.45, 2.75) is 18.9 Å². The summed E-state index contributed by atoms with van der Waals surface area (Å²) in [5.41, 5.74) is 5.71. The minimum Gasteiger partial charge on any atom is -0.363 e. The Morgan fingerprint density at radius 1 is 0.966 bits per heavy atom. The van der Waals surface area contributed by atoms with Gasteiger partial charge in [0, 0.05) is 10.9 Å². The predicted octanol–water partition coefficient (Wildman–Crippen LogP) is 5.95. The molecule has 1 atom stereocenters. The van der Waals surface area contributed by atoms with Crippen LogP contribution in [0.1, 0.15) is 33.9 Å². The van der Waals surface area contributed by atoms with Gasteiger partial charge < -0.3 is 5.32 Å². The molecule has 0 unspecified atom stereocenters. The van der Waals surface area contributed by atoms with Crippen molar-refractivity contribution < 1.29 is 9.18 Å². The number of carbonyl (C=O) groups is 1. The van der Waals surface area contributed by atoms with E-state index in [9.17, 15) is 9.18 Å². The lowest BCUT2D eigenvalue weighted by molar-refractivity contribution is 0.112. The van der Waals surface area contributed by atoms with Gasteiger partial charge in [0.2, 0.25) is 0 Å². The first kappa shape index (κ1) is 17.6. The Balaban J connectivity index is 1.53. The number of hydrogen-bond acceptors (Lipinski definition) is 3. The number of pyridine rings is 1. The number of aromatic nitrogens is 1. The molecule has 1 aromatic heterocycles. The van der Waals surface area contributed by atoms with Crippen molar-refractivity contribution in [3.05, 3.63) is 95.3 Å². The molecule has 4 aromatic rings. The van der Waals surface area contributed by atoms with Crippen LogP contribution < -0.4 is 5.32 Å². The van der Waals surface area contributed by atoms with Crippen molar-refractivity contribution in [2.75, 3.05) is 5.32 Å². The monoisotopic (exact) mass is 382 g/mol. The highest BCUT2D eigenvalue weighted by molar-refractivity contribution is 5.99. The molecule has 0 radical (unpaired) electrons. The van der Waals surface area contributed by atoms with Gasteiger partial charge in [0.15, 0.2) is 6.29 Å². The topological polar surface area (TPSA) is 42.0 Å². The van der Waals surface area contributed by atoms with Crippen LogP contribution in [0.3, 0.4) is 0 Å². The molecule has 142 valence electrons. The van der Waals surface area contributed by atoms with E-state index in [0.29, 0.717) is 5.56 Å². The summed E-state index contributed by atoms with van der Waals surface area (Å²) in [6, 6.07) is 22.6. The summed E-state index contributed by atoms with van der Waals surface area (Å²) >= 11 is 0. The average molecular weight is 382 g/mol. The zero-order chi connectivity index (χ0) is 19.8. The van der Waals surface area contributed by atoms with E-state index in [1.807, 2.05) is 24.3 Å². The van der Waals surface area contributed by atoms with Gasteiger partial charge in [0.1, 0.15) is 11.6 Å². The summed E-state index contributed by atoms with van der Waals surface area (Å²) in [6.45, 7) is 0. The van der Waals surface area contributed by atoms with Crippen molar-refractivity contribution in [2.24, 2.45) is 0 Å². The fraction of sp³-hybridized carbons (Fsp3) is 0.120. The van der Waals surface area contributed by atoms with Crippen molar-refractivity contribution in [3.8, 4) is 11.1 Å². The molecule has 5 rings (SSSR count). The largest absolute Gasteiger partial charge is 0.363 e. The molecule has 0 bridgehead atoms. The molecular formula is C25H19FN2O. The molecule has 0 saturated heterocycles. The van der Waals surface area contributed by atoms with Gasteiger partial charge in [0.05, 0.1) is 11.6 Å².